The molecular weight excluding hydrogens is 887 g/mol. The Morgan fingerprint density at radius 2 is 0.708 bits per heavy atom. The van der Waals surface area contributed by atoms with E-state index < -0.39 is 12.1 Å². The number of aliphatic hydroxyl groups is 2. The topological polar surface area (TPSA) is 95.9 Å². The van der Waals surface area contributed by atoms with Crippen molar-refractivity contribution < 1.29 is 24.5 Å². The van der Waals surface area contributed by atoms with Gasteiger partial charge in [-0.15, -0.1) is 0 Å². The SMILES string of the molecule is CCCC/C=C\C/C=C\CCCCCCCC(=O)OCCCCCCCCCCCCCCCCCCCCCCCCCCCCCC(=O)NC(CO)C(O)/C=C/CCCCCCCCCCCCCC. The van der Waals surface area contributed by atoms with Crippen LogP contribution < -0.4 is 5.32 Å². The predicted molar refractivity (Wildman–Crippen MR) is 315 cm³/mol. The first-order valence-electron chi connectivity index (χ1n) is 32.3. The Hall–Kier alpha value is -1.92. The van der Waals surface area contributed by atoms with Crippen LogP contribution in [-0.4, -0.2) is 47.4 Å². The lowest BCUT2D eigenvalue weighted by molar-refractivity contribution is -0.143. The van der Waals surface area contributed by atoms with Gasteiger partial charge in [-0.05, 0) is 57.8 Å². The van der Waals surface area contributed by atoms with Gasteiger partial charge in [-0.25, -0.2) is 0 Å². The van der Waals surface area contributed by atoms with Crippen LogP contribution in [0.15, 0.2) is 36.5 Å². The summed E-state index contributed by atoms with van der Waals surface area (Å²) in [6, 6.07) is -0.625. The zero-order chi connectivity index (χ0) is 52.2. The van der Waals surface area contributed by atoms with Gasteiger partial charge in [0.2, 0.25) is 5.91 Å². The summed E-state index contributed by atoms with van der Waals surface area (Å²) >= 11 is 0. The molecule has 0 aromatic carbocycles. The van der Waals surface area contributed by atoms with E-state index >= 15 is 0 Å². The van der Waals surface area contributed by atoms with Gasteiger partial charge in [-0.2, -0.15) is 0 Å². The molecule has 0 saturated heterocycles. The minimum Gasteiger partial charge on any atom is -0.466 e. The van der Waals surface area contributed by atoms with Gasteiger partial charge in [0.1, 0.15) is 0 Å². The van der Waals surface area contributed by atoms with E-state index in [1.54, 1.807) is 6.08 Å². The first-order chi connectivity index (χ1) is 35.5. The summed E-state index contributed by atoms with van der Waals surface area (Å²) in [5, 5.41) is 23.1. The smallest absolute Gasteiger partial charge is 0.305 e. The predicted octanol–water partition coefficient (Wildman–Crippen LogP) is 20.4. The maximum Gasteiger partial charge on any atom is 0.305 e. The van der Waals surface area contributed by atoms with Gasteiger partial charge < -0.3 is 20.3 Å². The van der Waals surface area contributed by atoms with Crippen molar-refractivity contribution in [2.45, 2.75) is 360 Å². The fourth-order valence-corrected chi connectivity index (χ4v) is 9.95. The van der Waals surface area contributed by atoms with Crippen LogP contribution in [0.2, 0.25) is 0 Å². The normalized spacial score (nSPS) is 12.8. The van der Waals surface area contributed by atoms with Crippen LogP contribution in [0.4, 0.5) is 0 Å². The van der Waals surface area contributed by atoms with E-state index in [1.807, 2.05) is 6.08 Å². The number of ether oxygens (including phenoxy) is 1. The molecule has 1 amide bonds. The molecule has 0 heterocycles. The van der Waals surface area contributed by atoms with Gasteiger partial charge in [0.15, 0.2) is 0 Å². The Kier molecular flexibility index (Phi) is 60.0. The molecule has 0 aromatic heterocycles. The third kappa shape index (κ3) is 57.4. The monoisotopic (exact) mass is 1010 g/mol. The molecule has 0 aromatic rings. The van der Waals surface area contributed by atoms with Crippen LogP contribution in [0.5, 0.6) is 0 Å². The van der Waals surface area contributed by atoms with Gasteiger partial charge in [0.05, 0.1) is 25.4 Å². The fourth-order valence-electron chi connectivity index (χ4n) is 9.95. The molecule has 424 valence electrons. The highest BCUT2D eigenvalue weighted by atomic mass is 16.5. The number of amides is 1. The number of rotatable bonds is 60. The number of hydrogen-bond donors (Lipinski definition) is 3. The maximum absolute atomic E-state index is 12.5. The van der Waals surface area contributed by atoms with Crippen LogP contribution >= 0.6 is 0 Å². The van der Waals surface area contributed by atoms with Crippen molar-refractivity contribution in [1.82, 2.24) is 5.32 Å². The van der Waals surface area contributed by atoms with Crippen LogP contribution in [0.1, 0.15) is 348 Å². The van der Waals surface area contributed by atoms with Gasteiger partial charge in [-0.3, -0.25) is 9.59 Å². The number of allylic oxidation sites excluding steroid dienone is 5. The average molecular weight is 1010 g/mol. The Morgan fingerprint density at radius 3 is 1.10 bits per heavy atom. The lowest BCUT2D eigenvalue weighted by Gasteiger charge is -2.20. The summed E-state index contributed by atoms with van der Waals surface area (Å²) in [4.78, 5) is 24.5. The number of aliphatic hydroxyl groups excluding tert-OH is 2. The van der Waals surface area contributed by atoms with E-state index in [1.165, 1.54) is 270 Å². The standard InChI is InChI=1S/C66H125NO5/c1-3-5-7-9-11-13-15-17-34-38-42-46-50-54-58-64(69)63(62-68)67-65(70)59-55-51-47-43-39-35-32-30-28-26-24-22-20-19-21-23-25-27-29-31-33-37-41-45-49-53-57-61-72-66(71)60-56-52-48-44-40-36-18-16-14-12-10-8-6-4-2/h10,12,16,18,54,58,63-64,68-69H,3-9,11,13-15,17,19-53,55-57,59-62H2,1-2H3,(H,67,70)/b12-10-,18-16-,58-54+. The fraction of sp³-hybridized carbons (Fsp3) is 0.879. The number of esters is 1. The van der Waals surface area contributed by atoms with Crippen molar-refractivity contribution >= 4 is 11.9 Å². The molecule has 0 bridgehead atoms. The van der Waals surface area contributed by atoms with Crippen molar-refractivity contribution in [2.75, 3.05) is 13.2 Å². The van der Waals surface area contributed by atoms with E-state index in [0.29, 0.717) is 19.4 Å². The number of carbonyl (C=O) groups excluding carboxylic acids is 2. The van der Waals surface area contributed by atoms with Crippen molar-refractivity contribution in [3.8, 4) is 0 Å². The Balaban J connectivity index is 3.36. The molecule has 0 aliphatic heterocycles. The lowest BCUT2D eigenvalue weighted by Crippen LogP contribution is -2.45. The van der Waals surface area contributed by atoms with Crippen LogP contribution in [-0.2, 0) is 14.3 Å². The highest BCUT2D eigenvalue weighted by molar-refractivity contribution is 5.76. The summed E-state index contributed by atoms with van der Waals surface area (Å²) < 4.78 is 5.48. The largest absolute Gasteiger partial charge is 0.466 e. The highest BCUT2D eigenvalue weighted by Gasteiger charge is 2.18. The van der Waals surface area contributed by atoms with E-state index in [2.05, 4.69) is 43.5 Å². The highest BCUT2D eigenvalue weighted by Crippen LogP contribution is 2.18. The first kappa shape index (κ1) is 70.1. The molecular formula is C66H125NO5. The van der Waals surface area contributed by atoms with Gasteiger partial charge in [0, 0.05) is 12.8 Å². The molecule has 0 spiro atoms. The van der Waals surface area contributed by atoms with Crippen molar-refractivity contribution in [3.63, 3.8) is 0 Å². The molecule has 3 N–H and O–H groups in total. The maximum atomic E-state index is 12.5. The van der Waals surface area contributed by atoms with Gasteiger partial charge in [-0.1, -0.05) is 314 Å². The van der Waals surface area contributed by atoms with Crippen molar-refractivity contribution in [3.05, 3.63) is 36.5 Å². The van der Waals surface area contributed by atoms with Gasteiger partial charge in [0.25, 0.3) is 0 Å². The summed E-state index contributed by atoms with van der Waals surface area (Å²) in [5.41, 5.74) is 0. The van der Waals surface area contributed by atoms with Crippen LogP contribution in [0.3, 0.4) is 0 Å². The molecule has 0 rings (SSSR count). The number of unbranched alkanes of at least 4 members (excludes halogenated alkanes) is 45. The molecule has 0 fully saturated rings. The molecule has 0 radical (unpaired) electrons. The third-order valence-corrected chi connectivity index (χ3v) is 14.9. The second-order valence-electron chi connectivity index (χ2n) is 22.1. The van der Waals surface area contributed by atoms with E-state index in [0.717, 1.165) is 51.4 Å². The summed E-state index contributed by atoms with van der Waals surface area (Å²) in [7, 11) is 0. The van der Waals surface area contributed by atoms with Crippen LogP contribution in [0, 0.1) is 0 Å². The Labute approximate surface area is 449 Å². The average Bonchev–Trinajstić information content (AvgIpc) is 3.38. The van der Waals surface area contributed by atoms with Crippen molar-refractivity contribution in [1.29, 1.82) is 0 Å². The molecule has 2 unspecified atom stereocenters. The third-order valence-electron chi connectivity index (χ3n) is 14.9. The van der Waals surface area contributed by atoms with Crippen LogP contribution in [0.25, 0.3) is 0 Å². The zero-order valence-electron chi connectivity index (χ0n) is 48.4. The van der Waals surface area contributed by atoms with E-state index in [-0.39, 0.29) is 18.5 Å². The summed E-state index contributed by atoms with van der Waals surface area (Å²) in [6.07, 6.45) is 77.7. The zero-order valence-corrected chi connectivity index (χ0v) is 48.4. The molecule has 72 heavy (non-hydrogen) atoms. The first-order valence-corrected chi connectivity index (χ1v) is 32.3. The lowest BCUT2D eigenvalue weighted by atomic mass is 10.0. The number of nitrogens with one attached hydrogen (secondary N) is 1. The Morgan fingerprint density at radius 1 is 0.389 bits per heavy atom. The number of hydrogen-bond acceptors (Lipinski definition) is 5. The minimum atomic E-state index is -0.842. The summed E-state index contributed by atoms with van der Waals surface area (Å²) in [5.74, 6) is -0.0612. The van der Waals surface area contributed by atoms with Crippen molar-refractivity contribution in [2.24, 2.45) is 0 Å². The molecule has 6 heteroatoms. The molecule has 0 aliphatic carbocycles. The second kappa shape index (κ2) is 61.6. The molecule has 0 saturated carbocycles. The number of carbonyl (C=O) groups is 2. The molecule has 6 nitrogen and oxygen atoms in total. The quantitative estimate of drug-likeness (QED) is 0.0320. The van der Waals surface area contributed by atoms with E-state index in [9.17, 15) is 19.8 Å². The van der Waals surface area contributed by atoms with E-state index in [4.69, 9.17) is 4.74 Å². The summed E-state index contributed by atoms with van der Waals surface area (Å²) in [6.45, 7) is 4.87. The molecule has 0 aliphatic rings. The second-order valence-corrected chi connectivity index (χ2v) is 22.1. The van der Waals surface area contributed by atoms with Gasteiger partial charge >= 0.3 is 5.97 Å². The Bertz CT molecular complexity index is 1170. The minimum absolute atomic E-state index is 0.00303. The molecule has 2 atom stereocenters.